The molecule has 2 heterocycles. The molecule has 0 saturated carbocycles. The lowest BCUT2D eigenvalue weighted by molar-refractivity contribution is -0.135. The maximum absolute atomic E-state index is 12.6. The first-order valence-electron chi connectivity index (χ1n) is 7.63. The molecular formula is C15H26N4O2. The van der Waals surface area contributed by atoms with Gasteiger partial charge < -0.3 is 10.1 Å². The highest BCUT2D eigenvalue weighted by atomic mass is 16.5. The summed E-state index contributed by atoms with van der Waals surface area (Å²) in [4.78, 5) is 14.8. The molecule has 1 saturated heterocycles. The van der Waals surface area contributed by atoms with E-state index in [-0.39, 0.29) is 30.1 Å². The molecular weight excluding hydrogens is 268 g/mol. The van der Waals surface area contributed by atoms with Crippen LogP contribution in [0.4, 0.5) is 0 Å². The number of morpholine rings is 1. The van der Waals surface area contributed by atoms with E-state index in [1.54, 1.807) is 6.20 Å². The van der Waals surface area contributed by atoms with E-state index in [0.29, 0.717) is 6.54 Å². The third-order valence-electron chi connectivity index (χ3n) is 3.75. The summed E-state index contributed by atoms with van der Waals surface area (Å²) >= 11 is 0. The van der Waals surface area contributed by atoms with E-state index in [9.17, 15) is 4.79 Å². The average Bonchev–Trinajstić information content (AvgIpc) is 2.87. The summed E-state index contributed by atoms with van der Waals surface area (Å²) in [6.45, 7) is 10.4. The van der Waals surface area contributed by atoms with Crippen molar-refractivity contribution < 1.29 is 9.53 Å². The van der Waals surface area contributed by atoms with Crippen molar-refractivity contribution in [3.8, 4) is 0 Å². The van der Waals surface area contributed by atoms with Crippen LogP contribution >= 0.6 is 0 Å². The van der Waals surface area contributed by atoms with Crippen LogP contribution in [-0.2, 0) is 16.1 Å². The first-order chi connectivity index (χ1) is 9.97. The summed E-state index contributed by atoms with van der Waals surface area (Å²) in [6.07, 6.45) is 2.01. The lowest BCUT2D eigenvalue weighted by Crippen LogP contribution is -2.56. The molecule has 0 aromatic carbocycles. The standard InChI is InChI=1S/C15H26N4O2/c1-10(2)14(19-8-11(3)21-12(4)9-19)15(20)16-7-13-5-6-17-18-13/h5-6,10-12,14H,7-9H2,1-4H3,(H,16,20)(H,17,18)/t11-,12-,14-/m1/s1. The molecule has 6 nitrogen and oxygen atoms in total. The van der Waals surface area contributed by atoms with Crippen LogP contribution < -0.4 is 5.32 Å². The fourth-order valence-corrected chi connectivity index (χ4v) is 3.01. The number of H-pyrrole nitrogens is 1. The minimum absolute atomic E-state index is 0.0703. The highest BCUT2D eigenvalue weighted by Crippen LogP contribution is 2.18. The smallest absolute Gasteiger partial charge is 0.237 e. The Morgan fingerprint density at radius 3 is 2.67 bits per heavy atom. The lowest BCUT2D eigenvalue weighted by atomic mass is 9.99. The minimum atomic E-state index is -0.123. The summed E-state index contributed by atoms with van der Waals surface area (Å²) in [6, 6.07) is 1.74. The van der Waals surface area contributed by atoms with Crippen molar-refractivity contribution in [1.29, 1.82) is 0 Å². The fraction of sp³-hybridized carbons (Fsp3) is 0.733. The molecule has 1 amide bonds. The fourth-order valence-electron chi connectivity index (χ4n) is 3.01. The molecule has 3 atom stereocenters. The molecule has 0 bridgehead atoms. The Morgan fingerprint density at radius 1 is 1.48 bits per heavy atom. The largest absolute Gasteiger partial charge is 0.373 e. The van der Waals surface area contributed by atoms with Crippen molar-refractivity contribution in [3.63, 3.8) is 0 Å². The van der Waals surface area contributed by atoms with E-state index < -0.39 is 0 Å². The number of carbonyl (C=O) groups excluding carboxylic acids is 1. The normalized spacial score (nSPS) is 25.0. The topological polar surface area (TPSA) is 70.2 Å². The van der Waals surface area contributed by atoms with Crippen molar-refractivity contribution in [2.24, 2.45) is 5.92 Å². The van der Waals surface area contributed by atoms with Gasteiger partial charge in [-0.2, -0.15) is 5.10 Å². The summed E-state index contributed by atoms with van der Waals surface area (Å²) in [5.74, 6) is 0.324. The Hall–Kier alpha value is -1.40. The first kappa shape index (κ1) is 16.0. The van der Waals surface area contributed by atoms with Crippen LogP contribution in [0.15, 0.2) is 12.3 Å². The third-order valence-corrected chi connectivity index (χ3v) is 3.75. The van der Waals surface area contributed by atoms with Gasteiger partial charge in [-0.25, -0.2) is 0 Å². The number of nitrogens with one attached hydrogen (secondary N) is 2. The second-order valence-corrected chi connectivity index (χ2v) is 6.20. The summed E-state index contributed by atoms with van der Waals surface area (Å²) in [5.41, 5.74) is 0.912. The van der Waals surface area contributed by atoms with Gasteiger partial charge in [-0.3, -0.25) is 14.8 Å². The maximum Gasteiger partial charge on any atom is 0.237 e. The molecule has 21 heavy (non-hydrogen) atoms. The van der Waals surface area contributed by atoms with E-state index >= 15 is 0 Å². The van der Waals surface area contributed by atoms with Gasteiger partial charge in [-0.15, -0.1) is 0 Å². The van der Waals surface area contributed by atoms with Crippen LogP contribution in [0.2, 0.25) is 0 Å². The average molecular weight is 294 g/mol. The number of ether oxygens (including phenoxy) is 1. The molecule has 0 radical (unpaired) electrons. The molecule has 1 fully saturated rings. The van der Waals surface area contributed by atoms with Gasteiger partial charge in [0.25, 0.3) is 0 Å². The van der Waals surface area contributed by atoms with Crippen LogP contribution in [0.1, 0.15) is 33.4 Å². The number of aromatic amines is 1. The quantitative estimate of drug-likeness (QED) is 0.855. The van der Waals surface area contributed by atoms with Crippen LogP contribution in [0.5, 0.6) is 0 Å². The summed E-state index contributed by atoms with van der Waals surface area (Å²) in [5, 5.41) is 9.74. The van der Waals surface area contributed by atoms with Crippen molar-refractivity contribution in [2.75, 3.05) is 13.1 Å². The SMILES string of the molecule is CC(C)[C@H](C(=O)NCc1ccn[nH]1)N1C[C@@H](C)O[C@H](C)C1. The van der Waals surface area contributed by atoms with E-state index in [1.807, 2.05) is 6.07 Å². The van der Waals surface area contributed by atoms with Crippen LogP contribution in [0.3, 0.4) is 0 Å². The van der Waals surface area contributed by atoms with Gasteiger partial charge in [0.15, 0.2) is 0 Å². The van der Waals surface area contributed by atoms with E-state index in [0.717, 1.165) is 18.8 Å². The van der Waals surface area contributed by atoms with Crippen LogP contribution in [-0.4, -0.2) is 52.3 Å². The van der Waals surface area contributed by atoms with Crippen LogP contribution in [0.25, 0.3) is 0 Å². The zero-order chi connectivity index (χ0) is 15.4. The molecule has 6 heteroatoms. The second kappa shape index (κ2) is 7.04. The molecule has 0 spiro atoms. The highest BCUT2D eigenvalue weighted by Gasteiger charge is 2.33. The van der Waals surface area contributed by atoms with Gasteiger partial charge in [0.1, 0.15) is 0 Å². The van der Waals surface area contributed by atoms with Gasteiger partial charge in [-0.1, -0.05) is 13.8 Å². The zero-order valence-corrected chi connectivity index (χ0v) is 13.3. The Bertz CT molecular complexity index is 437. The number of amides is 1. The third kappa shape index (κ3) is 4.28. The van der Waals surface area contributed by atoms with E-state index in [4.69, 9.17) is 4.74 Å². The predicted octanol–water partition coefficient (Wildman–Crippen LogP) is 1.16. The zero-order valence-electron chi connectivity index (χ0n) is 13.3. The molecule has 0 aliphatic carbocycles. The van der Waals surface area contributed by atoms with Gasteiger partial charge in [-0.05, 0) is 25.8 Å². The molecule has 2 N–H and O–H groups in total. The number of nitrogens with zero attached hydrogens (tertiary/aromatic N) is 2. The number of rotatable bonds is 5. The second-order valence-electron chi connectivity index (χ2n) is 6.20. The van der Waals surface area contributed by atoms with Crippen molar-refractivity contribution >= 4 is 5.91 Å². The van der Waals surface area contributed by atoms with Crippen molar-refractivity contribution in [2.45, 2.75) is 52.5 Å². The minimum Gasteiger partial charge on any atom is -0.373 e. The van der Waals surface area contributed by atoms with Crippen molar-refractivity contribution in [3.05, 3.63) is 18.0 Å². The van der Waals surface area contributed by atoms with E-state index in [1.165, 1.54) is 0 Å². The Labute approximate surface area is 126 Å². The van der Waals surface area contributed by atoms with Crippen LogP contribution in [0, 0.1) is 5.92 Å². The molecule has 2 rings (SSSR count). The number of carbonyl (C=O) groups is 1. The number of hydrogen-bond donors (Lipinski definition) is 2. The molecule has 0 unspecified atom stereocenters. The van der Waals surface area contributed by atoms with Crippen molar-refractivity contribution in [1.82, 2.24) is 20.4 Å². The predicted molar refractivity (Wildman–Crippen MR) is 80.6 cm³/mol. The monoisotopic (exact) mass is 294 g/mol. The summed E-state index contributed by atoms with van der Waals surface area (Å²) in [7, 11) is 0. The summed E-state index contributed by atoms with van der Waals surface area (Å²) < 4.78 is 5.76. The van der Waals surface area contributed by atoms with Gasteiger partial charge in [0.05, 0.1) is 30.5 Å². The Morgan fingerprint density at radius 2 is 2.14 bits per heavy atom. The van der Waals surface area contributed by atoms with E-state index in [2.05, 4.69) is 48.1 Å². The molecule has 1 aromatic rings. The molecule has 1 aromatic heterocycles. The molecule has 118 valence electrons. The van der Waals surface area contributed by atoms with Gasteiger partial charge in [0, 0.05) is 19.3 Å². The Kier molecular flexibility index (Phi) is 5.36. The Balaban J connectivity index is 1.98. The maximum atomic E-state index is 12.6. The lowest BCUT2D eigenvalue weighted by Gasteiger charge is -2.41. The first-order valence-corrected chi connectivity index (χ1v) is 7.63. The number of aromatic nitrogens is 2. The van der Waals surface area contributed by atoms with Gasteiger partial charge >= 0.3 is 0 Å². The number of hydrogen-bond acceptors (Lipinski definition) is 4. The molecule has 1 aliphatic rings. The highest BCUT2D eigenvalue weighted by molar-refractivity contribution is 5.82. The molecule has 1 aliphatic heterocycles. The van der Waals surface area contributed by atoms with Gasteiger partial charge in [0.2, 0.25) is 5.91 Å².